The largest absolute Gasteiger partial charge is 0.376 e. The van der Waals surface area contributed by atoms with Gasteiger partial charge < -0.3 is 14.2 Å². The highest BCUT2D eigenvalue weighted by Crippen LogP contribution is 2.37. The summed E-state index contributed by atoms with van der Waals surface area (Å²) < 4.78 is 8.08. The maximum absolute atomic E-state index is 6.61. The summed E-state index contributed by atoms with van der Waals surface area (Å²) in [7, 11) is 0. The Morgan fingerprint density at radius 2 is 1.81 bits per heavy atom. The average Bonchev–Trinajstić information content (AvgIpc) is 3.45. The van der Waals surface area contributed by atoms with Crippen molar-refractivity contribution in [2.75, 3.05) is 24.6 Å². The van der Waals surface area contributed by atoms with Crippen LogP contribution in [0.1, 0.15) is 58.0 Å². The van der Waals surface area contributed by atoms with E-state index in [1.54, 1.807) is 0 Å². The second-order valence-corrected chi connectivity index (χ2v) is 11.7. The third-order valence-electron chi connectivity index (χ3n) is 7.80. The van der Waals surface area contributed by atoms with Crippen molar-refractivity contribution in [2.24, 2.45) is 5.92 Å². The van der Waals surface area contributed by atoms with Gasteiger partial charge in [-0.2, -0.15) is 0 Å². The van der Waals surface area contributed by atoms with E-state index in [0.29, 0.717) is 29.2 Å². The summed E-state index contributed by atoms with van der Waals surface area (Å²) in [6.07, 6.45) is 2.41. The van der Waals surface area contributed by atoms with E-state index in [9.17, 15) is 0 Å². The Kier molecular flexibility index (Phi) is 7.51. The Labute approximate surface area is 224 Å². The van der Waals surface area contributed by atoms with Gasteiger partial charge in [0, 0.05) is 48.9 Å². The van der Waals surface area contributed by atoms with Gasteiger partial charge >= 0.3 is 0 Å². The van der Waals surface area contributed by atoms with Gasteiger partial charge in [0.2, 0.25) is 0 Å². The molecule has 0 radical (unpaired) electrons. The number of piperazine rings is 1. The number of rotatable bonds is 6. The number of pyridine rings is 1. The maximum Gasteiger partial charge on any atom is 0.163 e. The van der Waals surface area contributed by atoms with Crippen molar-refractivity contribution < 1.29 is 4.74 Å². The van der Waals surface area contributed by atoms with E-state index < -0.39 is 0 Å². The standard InChI is InChI=1S/C28H37Cl2N5O/c1-17(2)27(21-8-10-22(29)11-9-21)34-15-18(3)33(14-19(34)4)24-13-25(30)32-28-26(24)31-20(5)35(28)16-23-7-6-12-36-23/h8-11,13,17-19,23,27H,6-7,12,14-16H2,1-5H3/t18-,19+,23-,27?/m0/s1. The third-order valence-corrected chi connectivity index (χ3v) is 8.24. The number of benzene rings is 1. The van der Waals surface area contributed by atoms with Gasteiger partial charge in [-0.15, -0.1) is 0 Å². The molecule has 1 aromatic carbocycles. The molecule has 2 aliphatic heterocycles. The number of ether oxygens (including phenoxy) is 1. The number of aryl methyl sites for hydroxylation is 1. The van der Waals surface area contributed by atoms with E-state index in [-0.39, 0.29) is 6.10 Å². The van der Waals surface area contributed by atoms with Gasteiger partial charge in [0.15, 0.2) is 5.65 Å². The van der Waals surface area contributed by atoms with Crippen molar-refractivity contribution >= 4 is 40.1 Å². The van der Waals surface area contributed by atoms with E-state index in [2.05, 4.69) is 61.1 Å². The molecule has 2 fully saturated rings. The van der Waals surface area contributed by atoms with Gasteiger partial charge in [0.25, 0.3) is 0 Å². The molecule has 4 heterocycles. The molecule has 2 aromatic heterocycles. The summed E-state index contributed by atoms with van der Waals surface area (Å²) in [5, 5.41) is 1.29. The second-order valence-electron chi connectivity index (χ2n) is 10.8. The fraction of sp³-hybridized carbons (Fsp3) is 0.571. The lowest BCUT2D eigenvalue weighted by molar-refractivity contribution is 0.0825. The predicted molar refractivity (Wildman–Crippen MR) is 148 cm³/mol. The quantitative estimate of drug-likeness (QED) is 0.340. The Morgan fingerprint density at radius 3 is 2.47 bits per heavy atom. The molecule has 2 aliphatic rings. The normalized spacial score (nSPS) is 24.2. The summed E-state index contributed by atoms with van der Waals surface area (Å²) in [5.74, 6) is 1.43. The van der Waals surface area contributed by atoms with Crippen molar-refractivity contribution in [1.82, 2.24) is 19.4 Å². The van der Waals surface area contributed by atoms with Crippen LogP contribution in [0.15, 0.2) is 30.3 Å². The molecular weight excluding hydrogens is 493 g/mol. The minimum absolute atomic E-state index is 0.216. The molecule has 5 rings (SSSR count). The molecule has 0 spiro atoms. The molecule has 36 heavy (non-hydrogen) atoms. The van der Waals surface area contributed by atoms with E-state index >= 15 is 0 Å². The lowest BCUT2D eigenvalue weighted by Crippen LogP contribution is -2.58. The third kappa shape index (κ3) is 4.98. The molecule has 3 aromatic rings. The highest BCUT2D eigenvalue weighted by molar-refractivity contribution is 6.30. The Balaban J connectivity index is 1.45. The Bertz CT molecular complexity index is 1200. The predicted octanol–water partition coefficient (Wildman–Crippen LogP) is 6.52. The van der Waals surface area contributed by atoms with Crippen LogP contribution in [0.4, 0.5) is 5.69 Å². The highest BCUT2D eigenvalue weighted by Gasteiger charge is 2.36. The molecule has 8 heteroatoms. The van der Waals surface area contributed by atoms with Gasteiger partial charge in [-0.3, -0.25) is 4.90 Å². The van der Waals surface area contributed by atoms with Crippen LogP contribution in [-0.2, 0) is 11.3 Å². The lowest BCUT2D eigenvalue weighted by Gasteiger charge is -2.49. The summed E-state index contributed by atoms with van der Waals surface area (Å²) in [5.41, 5.74) is 4.18. The Morgan fingerprint density at radius 1 is 1.06 bits per heavy atom. The summed E-state index contributed by atoms with van der Waals surface area (Å²) in [6.45, 7) is 14.7. The minimum atomic E-state index is 0.216. The molecular formula is C28H37Cl2N5O. The first-order chi connectivity index (χ1) is 17.2. The number of imidazole rings is 1. The van der Waals surface area contributed by atoms with Crippen LogP contribution in [0.3, 0.4) is 0 Å². The van der Waals surface area contributed by atoms with Crippen LogP contribution in [0.25, 0.3) is 11.2 Å². The van der Waals surface area contributed by atoms with Crippen molar-refractivity contribution in [3.8, 4) is 0 Å². The van der Waals surface area contributed by atoms with E-state index in [0.717, 1.165) is 66.8 Å². The van der Waals surface area contributed by atoms with Gasteiger partial charge in [0.05, 0.1) is 18.3 Å². The van der Waals surface area contributed by atoms with Gasteiger partial charge in [-0.1, -0.05) is 49.2 Å². The molecule has 0 amide bonds. The fourth-order valence-corrected chi connectivity index (χ4v) is 6.39. The molecule has 0 N–H and O–H groups in total. The van der Waals surface area contributed by atoms with Crippen LogP contribution in [0, 0.1) is 12.8 Å². The van der Waals surface area contributed by atoms with Crippen molar-refractivity contribution in [3.05, 3.63) is 51.9 Å². The number of aromatic nitrogens is 3. The fourth-order valence-electron chi connectivity index (χ4n) is 6.08. The lowest BCUT2D eigenvalue weighted by atomic mass is 9.91. The van der Waals surface area contributed by atoms with Crippen LogP contribution in [-0.4, -0.2) is 57.3 Å². The molecule has 6 nitrogen and oxygen atoms in total. The average molecular weight is 531 g/mol. The zero-order chi connectivity index (χ0) is 25.6. The molecule has 4 atom stereocenters. The second kappa shape index (κ2) is 10.5. The van der Waals surface area contributed by atoms with E-state index in [4.69, 9.17) is 37.9 Å². The van der Waals surface area contributed by atoms with Gasteiger partial charge in [-0.25, -0.2) is 9.97 Å². The molecule has 0 bridgehead atoms. The smallest absolute Gasteiger partial charge is 0.163 e. The first-order valence-electron chi connectivity index (χ1n) is 13.2. The molecule has 1 unspecified atom stereocenters. The number of hydrogen-bond donors (Lipinski definition) is 0. The number of halogens is 2. The number of nitrogens with zero attached hydrogens (tertiary/aromatic N) is 5. The number of anilines is 1. The van der Waals surface area contributed by atoms with E-state index in [1.807, 2.05) is 18.2 Å². The first-order valence-corrected chi connectivity index (χ1v) is 13.9. The van der Waals surface area contributed by atoms with Crippen LogP contribution < -0.4 is 4.90 Å². The van der Waals surface area contributed by atoms with Crippen molar-refractivity contribution in [2.45, 2.75) is 78.2 Å². The van der Waals surface area contributed by atoms with Crippen LogP contribution in [0.2, 0.25) is 10.2 Å². The summed E-state index contributed by atoms with van der Waals surface area (Å²) >= 11 is 12.8. The van der Waals surface area contributed by atoms with Gasteiger partial charge in [-0.05, 0) is 57.2 Å². The SMILES string of the molecule is Cc1nc2c(N3C[C@@H](C)N(C(c4ccc(Cl)cc4)C(C)C)C[C@@H]3C)cc(Cl)nc2n1C[C@@H]1CCCO1. The minimum Gasteiger partial charge on any atom is -0.376 e. The Hall–Kier alpha value is -1.86. The number of hydrogen-bond acceptors (Lipinski definition) is 5. The van der Waals surface area contributed by atoms with Crippen molar-refractivity contribution in [1.29, 1.82) is 0 Å². The van der Waals surface area contributed by atoms with E-state index in [1.165, 1.54) is 5.56 Å². The first kappa shape index (κ1) is 25.8. The zero-order valence-corrected chi connectivity index (χ0v) is 23.4. The van der Waals surface area contributed by atoms with Gasteiger partial charge in [0.1, 0.15) is 16.5 Å². The highest BCUT2D eigenvalue weighted by atomic mass is 35.5. The van der Waals surface area contributed by atoms with Crippen LogP contribution >= 0.6 is 23.2 Å². The molecule has 0 aliphatic carbocycles. The molecule has 2 saturated heterocycles. The molecule has 0 saturated carbocycles. The topological polar surface area (TPSA) is 46.4 Å². The number of fused-ring (bicyclic) bond motifs is 1. The van der Waals surface area contributed by atoms with Crippen molar-refractivity contribution in [3.63, 3.8) is 0 Å². The summed E-state index contributed by atoms with van der Waals surface area (Å²) in [4.78, 5) is 14.8. The zero-order valence-electron chi connectivity index (χ0n) is 21.9. The molecule has 194 valence electrons. The maximum atomic E-state index is 6.61. The van der Waals surface area contributed by atoms with Crippen LogP contribution in [0.5, 0.6) is 0 Å². The monoisotopic (exact) mass is 529 g/mol. The summed E-state index contributed by atoms with van der Waals surface area (Å²) in [6, 6.07) is 11.3.